The van der Waals surface area contributed by atoms with E-state index < -0.39 is 0 Å². The second-order valence-corrected chi connectivity index (χ2v) is 14.3. The van der Waals surface area contributed by atoms with Gasteiger partial charge in [-0.05, 0) is 109 Å². The predicted molar refractivity (Wildman–Crippen MR) is 191 cm³/mol. The molecule has 5 nitrogen and oxygen atoms in total. The van der Waals surface area contributed by atoms with E-state index in [2.05, 4.69) is 72.2 Å². The molecule has 47 heavy (non-hydrogen) atoms. The number of rotatable bonds is 3. The first-order chi connectivity index (χ1) is 22.7. The van der Waals surface area contributed by atoms with Crippen LogP contribution < -0.4 is 5.73 Å². The Morgan fingerprint density at radius 1 is 0.638 bits per heavy atom. The average Bonchev–Trinajstić information content (AvgIpc) is 3.59. The first-order valence-corrected chi connectivity index (χ1v) is 17.7. The summed E-state index contributed by atoms with van der Waals surface area (Å²) >= 11 is 9.95. The van der Waals surface area contributed by atoms with Crippen LogP contribution in [0.3, 0.4) is 0 Å². The Bertz CT molecular complexity index is 1690. The molecule has 4 aliphatic rings. The molecular weight excluding hydrogens is 674 g/mol. The lowest BCUT2D eigenvalue weighted by molar-refractivity contribution is -0.193. The molecule has 0 saturated heterocycles. The maximum Gasteiger partial charge on any atom is 0.373 e. The summed E-state index contributed by atoms with van der Waals surface area (Å²) in [7, 11) is 0. The molecule has 0 spiro atoms. The highest BCUT2D eigenvalue weighted by atomic mass is 79.9. The molecule has 0 unspecified atom stereocenters. The van der Waals surface area contributed by atoms with E-state index in [-0.39, 0.29) is 12.3 Å². The monoisotopic (exact) mass is 715 g/mol. The zero-order chi connectivity index (χ0) is 33.9. The summed E-state index contributed by atoms with van der Waals surface area (Å²) in [4.78, 5) is 32.5. The van der Waals surface area contributed by atoms with Crippen molar-refractivity contribution in [3.8, 4) is 0 Å². The summed E-state index contributed by atoms with van der Waals surface area (Å²) in [6, 6.07) is 19.8. The van der Waals surface area contributed by atoms with Crippen molar-refractivity contribution in [1.82, 2.24) is 0 Å². The number of hydrogen-bond acceptors (Lipinski definition) is 5. The fourth-order valence-electron chi connectivity index (χ4n) is 7.86. The fraction of sp³-hybridized carbons (Fsp3) is 0.400. The van der Waals surface area contributed by atoms with Crippen molar-refractivity contribution < 1.29 is 19.2 Å². The Morgan fingerprint density at radius 3 is 1.60 bits per heavy atom. The van der Waals surface area contributed by atoms with Crippen molar-refractivity contribution in [2.45, 2.75) is 90.9 Å². The second-order valence-electron chi connectivity index (χ2n) is 13.0. The highest BCUT2D eigenvalue weighted by molar-refractivity contribution is 9.11. The zero-order valence-electron chi connectivity index (χ0n) is 27.3. The first-order valence-electron chi connectivity index (χ1n) is 16.6. The fourth-order valence-corrected chi connectivity index (χ4v) is 8.88. The van der Waals surface area contributed by atoms with E-state index in [9.17, 15) is 0 Å². The minimum Gasteiger partial charge on any atom is -0.398 e. The van der Waals surface area contributed by atoms with Gasteiger partial charge in [0.1, 0.15) is 0 Å². The van der Waals surface area contributed by atoms with Gasteiger partial charge in [-0.3, -0.25) is 0 Å². The molecule has 0 aromatic heterocycles. The molecule has 0 heterocycles. The average molecular weight is 717 g/mol. The molecule has 4 aliphatic carbocycles. The number of fused-ring (bicyclic) bond motifs is 2. The molecule has 3 aromatic rings. The van der Waals surface area contributed by atoms with Gasteiger partial charge in [0.15, 0.2) is 0 Å². The summed E-state index contributed by atoms with van der Waals surface area (Å²) in [6.07, 6.45) is 16.3. The molecule has 0 radical (unpaired) electrons. The Balaban J connectivity index is 0.000000190. The highest BCUT2D eigenvalue weighted by Gasteiger charge is 2.30. The number of benzene rings is 3. The maximum absolute atomic E-state index is 8.12. The quantitative estimate of drug-likeness (QED) is 0.272. The van der Waals surface area contributed by atoms with Gasteiger partial charge in [-0.2, -0.15) is 19.2 Å². The lowest BCUT2D eigenvalue weighted by atomic mass is 9.79. The van der Waals surface area contributed by atoms with Gasteiger partial charge in [0.2, 0.25) is 0 Å². The van der Waals surface area contributed by atoms with E-state index in [4.69, 9.17) is 36.5 Å². The van der Waals surface area contributed by atoms with Crippen LogP contribution in [0.2, 0.25) is 5.02 Å². The number of carbonyl (C=O) groups excluding carboxylic acids is 4. The molecule has 0 aliphatic heterocycles. The van der Waals surface area contributed by atoms with Crippen LogP contribution in [0.5, 0.6) is 0 Å². The van der Waals surface area contributed by atoms with Crippen LogP contribution in [0.1, 0.15) is 103 Å². The van der Waals surface area contributed by atoms with Gasteiger partial charge in [-0.15, -0.1) is 0 Å². The topological polar surface area (TPSA) is 94.3 Å². The number of hydrogen-bond donors (Lipinski definition) is 1. The molecule has 0 amide bonds. The summed E-state index contributed by atoms with van der Waals surface area (Å²) in [6.45, 7) is 4.36. The molecule has 0 bridgehead atoms. The van der Waals surface area contributed by atoms with Gasteiger partial charge in [-0.25, -0.2) is 0 Å². The van der Waals surface area contributed by atoms with Gasteiger partial charge < -0.3 is 5.73 Å². The van der Waals surface area contributed by atoms with Gasteiger partial charge >= 0.3 is 12.3 Å². The molecule has 3 aromatic carbocycles. The van der Waals surface area contributed by atoms with Crippen molar-refractivity contribution in [3.05, 3.63) is 103 Å². The second kappa shape index (κ2) is 17.6. The van der Waals surface area contributed by atoms with Crippen molar-refractivity contribution in [2.24, 2.45) is 11.8 Å². The number of allylic oxidation sites excluding steroid dienone is 4. The summed E-state index contributed by atoms with van der Waals surface area (Å²) < 4.78 is 1.45. The molecular formula is C40H43BrClNO4. The number of nitrogens with two attached hydrogens (primary N) is 1. The van der Waals surface area contributed by atoms with Crippen molar-refractivity contribution in [2.75, 3.05) is 5.73 Å². The van der Waals surface area contributed by atoms with Crippen LogP contribution in [-0.4, -0.2) is 12.3 Å². The smallest absolute Gasteiger partial charge is 0.373 e. The van der Waals surface area contributed by atoms with E-state index in [1.807, 2.05) is 12.1 Å². The van der Waals surface area contributed by atoms with Crippen LogP contribution in [0.15, 0.2) is 59.1 Å². The van der Waals surface area contributed by atoms with E-state index in [1.54, 1.807) is 11.1 Å². The first kappa shape index (κ1) is 36.3. The number of aryl methyl sites for hydroxylation is 2. The van der Waals surface area contributed by atoms with Gasteiger partial charge in [0.05, 0.1) is 0 Å². The largest absolute Gasteiger partial charge is 0.398 e. The zero-order valence-corrected chi connectivity index (χ0v) is 29.6. The van der Waals surface area contributed by atoms with Gasteiger partial charge in [0.25, 0.3) is 0 Å². The normalized spacial score (nSPS) is 17.1. The van der Waals surface area contributed by atoms with Gasteiger partial charge in [0, 0.05) is 27.2 Å². The van der Waals surface area contributed by atoms with E-state index in [0.717, 1.165) is 24.4 Å². The van der Waals surface area contributed by atoms with Crippen LogP contribution in [-0.2, 0) is 32.0 Å². The lowest BCUT2D eigenvalue weighted by Gasteiger charge is -2.25. The summed E-state index contributed by atoms with van der Waals surface area (Å²) in [5, 5.41) is 0.711. The predicted octanol–water partition coefficient (Wildman–Crippen LogP) is 10.3. The third kappa shape index (κ3) is 9.09. The Hall–Kier alpha value is -3.53. The summed E-state index contributed by atoms with van der Waals surface area (Å²) in [5.74, 6) is 1.48. The molecule has 0 atom stereocenters. The Morgan fingerprint density at radius 2 is 1.09 bits per heavy atom. The third-order valence-corrected chi connectivity index (χ3v) is 10.7. The van der Waals surface area contributed by atoms with Crippen molar-refractivity contribution in [3.63, 3.8) is 0 Å². The minimum absolute atomic E-state index is 0.250. The molecule has 246 valence electrons. The van der Waals surface area contributed by atoms with Crippen LogP contribution in [0.25, 0.3) is 16.7 Å². The standard InChI is InChI=1S/C22H24ClN.C16H19Br.2CO2/c1-14-7-9-18-16(11-14)12-20(19-10-8-17(23)13-21(19)24)22(18)15-5-3-2-4-6-15;1-11-7-8-14-13(9-11)10-15(17)16(14)12-5-3-2-4-6-12;2*2-1-3/h7-11,13,15H,2-6,12,24H2,1H3;7-9,12H,2-6,10H2,1H3;;. The summed E-state index contributed by atoms with van der Waals surface area (Å²) in [5.41, 5.74) is 21.6. The molecule has 2 saturated carbocycles. The molecule has 7 heteroatoms. The molecule has 2 N–H and O–H groups in total. The number of nitrogen functional groups attached to an aromatic ring is 1. The SMILES string of the molecule is Cc1ccc2c(c1)CC(Br)=C2C1CCCCC1.Cc1ccc2c(c1)CC(c1ccc(Cl)cc1N)=C2C1CCCCC1.O=C=O.O=C=O. The van der Waals surface area contributed by atoms with Crippen LogP contribution in [0, 0.1) is 25.7 Å². The van der Waals surface area contributed by atoms with Crippen LogP contribution in [0.4, 0.5) is 5.69 Å². The highest BCUT2D eigenvalue weighted by Crippen LogP contribution is 2.48. The Kier molecular flexibility index (Phi) is 13.6. The number of anilines is 1. The molecule has 2 fully saturated rings. The molecule has 7 rings (SSSR count). The van der Waals surface area contributed by atoms with E-state index in [0.29, 0.717) is 10.9 Å². The maximum atomic E-state index is 8.12. The van der Waals surface area contributed by atoms with E-state index in [1.165, 1.54) is 113 Å². The Labute approximate surface area is 291 Å². The van der Waals surface area contributed by atoms with E-state index >= 15 is 0 Å². The van der Waals surface area contributed by atoms with Crippen molar-refractivity contribution in [1.29, 1.82) is 0 Å². The van der Waals surface area contributed by atoms with Crippen molar-refractivity contribution >= 4 is 62.2 Å². The third-order valence-electron chi connectivity index (χ3n) is 9.80. The van der Waals surface area contributed by atoms with Crippen LogP contribution >= 0.6 is 27.5 Å². The van der Waals surface area contributed by atoms with Gasteiger partial charge in [-0.1, -0.05) is 120 Å². The lowest BCUT2D eigenvalue weighted by Crippen LogP contribution is -2.09. The number of halogens is 2. The minimum atomic E-state index is 0.250.